The summed E-state index contributed by atoms with van der Waals surface area (Å²) in [5.74, 6) is 2.61. The molecule has 3 rings (SSSR count). The first-order valence-corrected chi connectivity index (χ1v) is 10.2. The fraction of sp³-hybridized carbons (Fsp3) is 0.810. The summed E-state index contributed by atoms with van der Waals surface area (Å²) >= 11 is 0. The highest BCUT2D eigenvalue weighted by molar-refractivity contribution is 5.17. The van der Waals surface area contributed by atoms with Crippen molar-refractivity contribution in [2.24, 2.45) is 17.8 Å². The Hall–Kier alpha value is -1.00. The van der Waals surface area contributed by atoms with Crippen LogP contribution in [-0.4, -0.2) is 52.5 Å². The van der Waals surface area contributed by atoms with Gasteiger partial charge in [0.25, 0.3) is 0 Å². The van der Waals surface area contributed by atoms with Crippen LogP contribution < -0.4 is 0 Å². The Morgan fingerprint density at radius 1 is 0.840 bits per heavy atom. The molecule has 4 heteroatoms. The van der Waals surface area contributed by atoms with E-state index in [1.54, 1.807) is 0 Å². The first-order chi connectivity index (χ1) is 11.9. The van der Waals surface area contributed by atoms with Gasteiger partial charge in [0.1, 0.15) is 0 Å². The number of aryl methyl sites for hydroxylation is 3. The summed E-state index contributed by atoms with van der Waals surface area (Å²) < 4.78 is 0. The molecule has 1 aromatic heterocycles. The molecule has 0 spiro atoms. The summed E-state index contributed by atoms with van der Waals surface area (Å²) in [4.78, 5) is 14.7. The third-order valence-corrected chi connectivity index (χ3v) is 6.18. The lowest BCUT2D eigenvalue weighted by Gasteiger charge is -2.35. The summed E-state index contributed by atoms with van der Waals surface area (Å²) in [5, 5.41) is 0. The quantitative estimate of drug-likeness (QED) is 0.817. The molecule has 4 nitrogen and oxygen atoms in total. The van der Waals surface area contributed by atoms with Crippen LogP contribution in [0.2, 0.25) is 0 Å². The average Bonchev–Trinajstić information content (AvgIpc) is 3.01. The second kappa shape index (κ2) is 8.13. The maximum Gasteiger partial charge on any atom is 0.0759 e. The zero-order valence-corrected chi connectivity index (χ0v) is 16.9. The van der Waals surface area contributed by atoms with Crippen LogP contribution in [0.3, 0.4) is 0 Å². The second-order valence-corrected chi connectivity index (χ2v) is 8.74. The number of aromatic nitrogens is 2. The van der Waals surface area contributed by atoms with E-state index in [9.17, 15) is 0 Å². The predicted octanol–water partition coefficient (Wildman–Crippen LogP) is 3.59. The third-order valence-electron chi connectivity index (χ3n) is 6.18. The van der Waals surface area contributed by atoms with E-state index in [-0.39, 0.29) is 0 Å². The first-order valence-electron chi connectivity index (χ1n) is 10.2. The maximum atomic E-state index is 4.80. The third kappa shape index (κ3) is 4.79. The highest BCUT2D eigenvalue weighted by atomic mass is 15.2. The topological polar surface area (TPSA) is 32.3 Å². The van der Waals surface area contributed by atoms with Gasteiger partial charge in [0.15, 0.2) is 0 Å². The zero-order chi connectivity index (χ0) is 18.0. The second-order valence-electron chi connectivity index (χ2n) is 8.74. The molecule has 0 amide bonds. The molecule has 1 unspecified atom stereocenters. The lowest BCUT2D eigenvalue weighted by Crippen LogP contribution is -2.38. The first kappa shape index (κ1) is 18.8. The summed E-state index contributed by atoms with van der Waals surface area (Å²) in [6.45, 7) is 18.2. The zero-order valence-electron chi connectivity index (χ0n) is 16.9. The molecule has 0 N–H and O–H groups in total. The van der Waals surface area contributed by atoms with Crippen LogP contribution >= 0.6 is 0 Å². The van der Waals surface area contributed by atoms with E-state index < -0.39 is 0 Å². The molecule has 0 aromatic carbocycles. The van der Waals surface area contributed by atoms with Crippen molar-refractivity contribution in [2.75, 3.05) is 32.7 Å². The van der Waals surface area contributed by atoms with Crippen molar-refractivity contribution in [2.45, 2.75) is 60.4 Å². The van der Waals surface area contributed by atoms with E-state index in [2.05, 4.69) is 49.4 Å². The Morgan fingerprint density at radius 3 is 2.12 bits per heavy atom. The van der Waals surface area contributed by atoms with Gasteiger partial charge in [-0.15, -0.1) is 0 Å². The summed E-state index contributed by atoms with van der Waals surface area (Å²) in [5.41, 5.74) is 4.42. The smallest absolute Gasteiger partial charge is 0.0759 e. The standard InChI is InChI=1S/C21H36N4/c1-15(2)12-24-9-6-19(7-10-24)20-8-11-25(13-20)14-21-18(5)22-16(3)17(4)23-21/h15,19-20H,6-14H2,1-5H3. The van der Waals surface area contributed by atoms with Crippen molar-refractivity contribution < 1.29 is 0 Å². The van der Waals surface area contributed by atoms with Gasteiger partial charge in [-0.2, -0.15) is 0 Å². The van der Waals surface area contributed by atoms with E-state index in [0.29, 0.717) is 0 Å². The summed E-state index contributed by atoms with van der Waals surface area (Å²) in [6.07, 6.45) is 4.16. The van der Waals surface area contributed by atoms with Gasteiger partial charge >= 0.3 is 0 Å². The van der Waals surface area contributed by atoms with Crippen LogP contribution in [0.4, 0.5) is 0 Å². The van der Waals surface area contributed by atoms with Crippen molar-refractivity contribution in [3.05, 3.63) is 22.8 Å². The van der Waals surface area contributed by atoms with Gasteiger partial charge in [-0.1, -0.05) is 13.8 Å². The minimum Gasteiger partial charge on any atom is -0.303 e. The summed E-state index contributed by atoms with van der Waals surface area (Å²) in [7, 11) is 0. The van der Waals surface area contributed by atoms with E-state index in [1.807, 2.05) is 0 Å². The molecule has 1 aromatic rings. The number of hydrogen-bond donors (Lipinski definition) is 0. The van der Waals surface area contributed by atoms with Crippen molar-refractivity contribution in [1.82, 2.24) is 19.8 Å². The van der Waals surface area contributed by atoms with E-state index in [0.717, 1.165) is 41.4 Å². The molecule has 3 heterocycles. The van der Waals surface area contributed by atoms with Gasteiger partial charge in [-0.25, -0.2) is 0 Å². The molecule has 0 saturated carbocycles. The number of hydrogen-bond acceptors (Lipinski definition) is 4. The lowest BCUT2D eigenvalue weighted by atomic mass is 9.83. The number of likely N-dealkylation sites (tertiary alicyclic amines) is 2. The fourth-order valence-electron chi connectivity index (χ4n) is 4.64. The molecule has 2 saturated heterocycles. The van der Waals surface area contributed by atoms with Gasteiger partial charge in [-0.05, 0) is 77.4 Å². The fourth-order valence-corrected chi connectivity index (χ4v) is 4.64. The molecule has 140 valence electrons. The molecule has 2 aliphatic rings. The molecular formula is C21H36N4. The van der Waals surface area contributed by atoms with Gasteiger partial charge in [0.2, 0.25) is 0 Å². The number of rotatable bonds is 5. The van der Waals surface area contributed by atoms with Crippen molar-refractivity contribution in [1.29, 1.82) is 0 Å². The SMILES string of the molecule is Cc1nc(C)c(CN2CCC(C3CCN(CC(C)C)CC3)C2)nc1C. The predicted molar refractivity (Wildman–Crippen MR) is 104 cm³/mol. The minimum atomic E-state index is 0.792. The van der Waals surface area contributed by atoms with Gasteiger partial charge < -0.3 is 4.90 Å². The normalized spacial score (nSPS) is 23.7. The molecule has 0 radical (unpaired) electrons. The minimum absolute atomic E-state index is 0.792. The van der Waals surface area contributed by atoms with Crippen LogP contribution in [0.5, 0.6) is 0 Å². The Kier molecular flexibility index (Phi) is 6.11. The van der Waals surface area contributed by atoms with Gasteiger partial charge in [0, 0.05) is 19.6 Å². The Morgan fingerprint density at radius 2 is 1.44 bits per heavy atom. The van der Waals surface area contributed by atoms with Crippen molar-refractivity contribution >= 4 is 0 Å². The van der Waals surface area contributed by atoms with Crippen LogP contribution in [0.25, 0.3) is 0 Å². The molecule has 0 bridgehead atoms. The maximum absolute atomic E-state index is 4.80. The van der Waals surface area contributed by atoms with Crippen LogP contribution in [-0.2, 0) is 6.54 Å². The van der Waals surface area contributed by atoms with E-state index >= 15 is 0 Å². The highest BCUT2D eigenvalue weighted by Gasteiger charge is 2.32. The molecule has 2 fully saturated rings. The molecular weight excluding hydrogens is 308 g/mol. The molecule has 1 atom stereocenters. The van der Waals surface area contributed by atoms with Crippen molar-refractivity contribution in [3.63, 3.8) is 0 Å². The lowest BCUT2D eigenvalue weighted by molar-refractivity contribution is 0.135. The Bertz CT molecular complexity index is 576. The molecule has 0 aliphatic carbocycles. The Balaban J connectivity index is 1.50. The largest absolute Gasteiger partial charge is 0.303 e. The number of nitrogens with zero attached hydrogens (tertiary/aromatic N) is 4. The molecule has 2 aliphatic heterocycles. The average molecular weight is 345 g/mol. The van der Waals surface area contributed by atoms with Crippen molar-refractivity contribution in [3.8, 4) is 0 Å². The van der Waals surface area contributed by atoms with E-state index in [4.69, 9.17) is 4.98 Å². The molecule has 25 heavy (non-hydrogen) atoms. The number of piperidine rings is 1. The van der Waals surface area contributed by atoms with Crippen LogP contribution in [0.1, 0.15) is 55.9 Å². The summed E-state index contributed by atoms with van der Waals surface area (Å²) in [6, 6.07) is 0. The van der Waals surface area contributed by atoms with E-state index in [1.165, 1.54) is 57.7 Å². The monoisotopic (exact) mass is 344 g/mol. The Labute approximate surface area is 154 Å². The van der Waals surface area contributed by atoms with Crippen LogP contribution in [0, 0.1) is 38.5 Å². The van der Waals surface area contributed by atoms with Crippen LogP contribution in [0.15, 0.2) is 0 Å². The van der Waals surface area contributed by atoms with Gasteiger partial charge in [0.05, 0.1) is 22.8 Å². The van der Waals surface area contributed by atoms with Gasteiger partial charge in [-0.3, -0.25) is 14.9 Å². The highest BCUT2D eigenvalue weighted by Crippen LogP contribution is 2.32.